The molecule has 3 N–H and O–H groups in total. The van der Waals surface area contributed by atoms with E-state index in [-0.39, 0.29) is 18.9 Å². The van der Waals surface area contributed by atoms with Gasteiger partial charge in [-0.2, -0.15) is 0 Å². The molecule has 0 aliphatic rings. The van der Waals surface area contributed by atoms with E-state index >= 15 is 0 Å². The van der Waals surface area contributed by atoms with Crippen LogP contribution in [0.15, 0.2) is 36.8 Å². The first-order valence-corrected chi connectivity index (χ1v) is 8.73. The number of nitrogens with zero attached hydrogens (tertiary/aromatic N) is 3. The number of carbonyl (C=O) groups is 3. The largest absolute Gasteiger partial charge is 0.494 e. The first-order chi connectivity index (χ1) is 13.9. The van der Waals surface area contributed by atoms with Crippen molar-refractivity contribution in [1.29, 1.82) is 0 Å². The Morgan fingerprint density at radius 1 is 1.21 bits per heavy atom. The van der Waals surface area contributed by atoms with Crippen LogP contribution < -0.4 is 4.74 Å². The number of hydrogen-bond acceptors (Lipinski definition) is 6. The van der Waals surface area contributed by atoms with Crippen LogP contribution in [0.4, 0.5) is 0 Å². The molecule has 0 atom stereocenters. The summed E-state index contributed by atoms with van der Waals surface area (Å²) in [5.41, 5.74) is 1.55. The summed E-state index contributed by atoms with van der Waals surface area (Å²) in [4.78, 5) is 40.5. The van der Waals surface area contributed by atoms with Crippen LogP contribution in [0, 0.1) is 0 Å². The molecule has 2 rings (SSSR count). The fraction of sp³-hybridized carbons (Fsp3) is 0.368. The summed E-state index contributed by atoms with van der Waals surface area (Å²) in [6.07, 6.45) is 3.37. The molecule has 0 radical (unpaired) electrons. The van der Waals surface area contributed by atoms with Crippen LogP contribution in [-0.2, 0) is 16.1 Å². The number of H-pyrrole nitrogens is 1. The number of likely N-dealkylation sites (N-methyl/N-ethyl adjacent to an activating group) is 1. The maximum Gasteiger partial charge on any atom is 0.290 e. The molecular formula is C19H28N4O6. The SMILES string of the molecule is CCOc1cccc(C(=O)N(CCN(C)C)Cc2cnc[nH]2)c1.O=CO.O=CO. The summed E-state index contributed by atoms with van der Waals surface area (Å²) >= 11 is 0. The molecule has 0 saturated carbocycles. The molecule has 1 aromatic carbocycles. The van der Waals surface area contributed by atoms with Gasteiger partial charge in [0.2, 0.25) is 0 Å². The number of ether oxygens (including phenoxy) is 1. The maximum absolute atomic E-state index is 12.9. The van der Waals surface area contributed by atoms with E-state index in [1.54, 1.807) is 18.6 Å². The predicted molar refractivity (Wildman–Crippen MR) is 107 cm³/mol. The van der Waals surface area contributed by atoms with Crippen molar-refractivity contribution in [3.63, 3.8) is 0 Å². The summed E-state index contributed by atoms with van der Waals surface area (Å²) < 4.78 is 5.49. The molecule has 0 spiro atoms. The average Bonchev–Trinajstić information content (AvgIpc) is 3.19. The number of amides is 1. The summed E-state index contributed by atoms with van der Waals surface area (Å²) in [7, 11) is 3.99. The molecule has 29 heavy (non-hydrogen) atoms. The van der Waals surface area contributed by atoms with Crippen molar-refractivity contribution < 1.29 is 29.3 Å². The fourth-order valence-corrected chi connectivity index (χ4v) is 2.22. The zero-order chi connectivity index (χ0) is 22.1. The van der Waals surface area contributed by atoms with Crippen LogP contribution in [0.25, 0.3) is 0 Å². The Bertz CT molecular complexity index is 700. The van der Waals surface area contributed by atoms with Gasteiger partial charge >= 0.3 is 0 Å². The first kappa shape index (κ1) is 25.6. The molecule has 0 unspecified atom stereocenters. The monoisotopic (exact) mass is 408 g/mol. The Morgan fingerprint density at radius 2 is 1.86 bits per heavy atom. The molecule has 1 heterocycles. The van der Waals surface area contributed by atoms with Gasteiger partial charge in [-0.05, 0) is 39.2 Å². The number of benzene rings is 1. The smallest absolute Gasteiger partial charge is 0.290 e. The van der Waals surface area contributed by atoms with Gasteiger partial charge in [-0.1, -0.05) is 6.07 Å². The Kier molecular flexibility index (Phi) is 13.8. The lowest BCUT2D eigenvalue weighted by Crippen LogP contribution is -2.36. The van der Waals surface area contributed by atoms with E-state index < -0.39 is 0 Å². The molecular weight excluding hydrogens is 380 g/mol. The second-order valence-electron chi connectivity index (χ2n) is 5.78. The minimum absolute atomic E-state index is 0.0111. The van der Waals surface area contributed by atoms with Crippen molar-refractivity contribution in [3.8, 4) is 5.75 Å². The Labute approximate surface area is 169 Å². The van der Waals surface area contributed by atoms with Crippen molar-refractivity contribution in [2.75, 3.05) is 33.8 Å². The fourth-order valence-electron chi connectivity index (χ4n) is 2.22. The van der Waals surface area contributed by atoms with Crippen LogP contribution in [0.3, 0.4) is 0 Å². The first-order valence-electron chi connectivity index (χ1n) is 8.73. The lowest BCUT2D eigenvalue weighted by atomic mass is 10.2. The summed E-state index contributed by atoms with van der Waals surface area (Å²) in [6, 6.07) is 7.32. The lowest BCUT2D eigenvalue weighted by Gasteiger charge is -2.24. The van der Waals surface area contributed by atoms with Gasteiger partial charge in [0.15, 0.2) is 0 Å². The highest BCUT2D eigenvalue weighted by atomic mass is 16.5. The zero-order valence-corrected chi connectivity index (χ0v) is 16.8. The van der Waals surface area contributed by atoms with Crippen molar-refractivity contribution >= 4 is 18.9 Å². The molecule has 0 aliphatic carbocycles. The quantitative estimate of drug-likeness (QED) is 0.558. The minimum Gasteiger partial charge on any atom is -0.494 e. The second kappa shape index (κ2) is 15.6. The highest BCUT2D eigenvalue weighted by Gasteiger charge is 2.17. The third-order valence-corrected chi connectivity index (χ3v) is 3.41. The van der Waals surface area contributed by atoms with E-state index in [9.17, 15) is 4.79 Å². The van der Waals surface area contributed by atoms with Crippen LogP contribution in [-0.4, -0.2) is 82.6 Å². The van der Waals surface area contributed by atoms with E-state index in [2.05, 4.69) is 14.9 Å². The molecule has 2 aromatic rings. The van der Waals surface area contributed by atoms with Gasteiger partial charge in [-0.15, -0.1) is 0 Å². The van der Waals surface area contributed by atoms with Crippen LogP contribution in [0.1, 0.15) is 23.0 Å². The highest BCUT2D eigenvalue weighted by molar-refractivity contribution is 5.94. The van der Waals surface area contributed by atoms with Gasteiger partial charge in [0, 0.05) is 24.8 Å². The molecule has 0 fully saturated rings. The van der Waals surface area contributed by atoms with Gasteiger partial charge < -0.3 is 29.7 Å². The highest BCUT2D eigenvalue weighted by Crippen LogP contribution is 2.16. The van der Waals surface area contributed by atoms with E-state index in [4.69, 9.17) is 24.5 Å². The van der Waals surface area contributed by atoms with Gasteiger partial charge in [0.25, 0.3) is 18.9 Å². The topological polar surface area (TPSA) is 136 Å². The molecule has 1 aromatic heterocycles. The number of hydrogen-bond donors (Lipinski definition) is 3. The van der Waals surface area contributed by atoms with Gasteiger partial charge in [0.1, 0.15) is 5.75 Å². The number of aromatic nitrogens is 2. The minimum atomic E-state index is -0.250. The maximum atomic E-state index is 12.9. The van der Waals surface area contributed by atoms with Crippen LogP contribution >= 0.6 is 0 Å². The van der Waals surface area contributed by atoms with Gasteiger partial charge in [-0.3, -0.25) is 14.4 Å². The number of aromatic amines is 1. The number of rotatable bonds is 8. The van der Waals surface area contributed by atoms with Crippen LogP contribution in [0.5, 0.6) is 5.75 Å². The van der Waals surface area contributed by atoms with Crippen molar-refractivity contribution in [1.82, 2.24) is 19.8 Å². The van der Waals surface area contributed by atoms with Gasteiger partial charge in [-0.25, -0.2) is 4.98 Å². The molecule has 10 nitrogen and oxygen atoms in total. The third-order valence-electron chi connectivity index (χ3n) is 3.41. The standard InChI is InChI=1S/C17H24N4O2.2CH2O2/c1-4-23-16-7-5-6-14(10-16)17(22)21(9-8-20(2)3)12-15-11-18-13-19-15;2*2-1-3/h5-7,10-11,13H,4,8-9,12H2,1-3H3,(H,18,19);2*1H,(H,2,3). The molecule has 0 aliphatic heterocycles. The number of carboxylic acid groups (broad SMARTS) is 2. The normalized spacial score (nSPS) is 9.38. The molecule has 0 saturated heterocycles. The van der Waals surface area contributed by atoms with Crippen LogP contribution in [0.2, 0.25) is 0 Å². The number of nitrogens with one attached hydrogen (secondary N) is 1. The third kappa shape index (κ3) is 11.1. The Morgan fingerprint density at radius 3 is 2.38 bits per heavy atom. The van der Waals surface area contributed by atoms with E-state index in [1.807, 2.05) is 44.1 Å². The van der Waals surface area contributed by atoms with E-state index in [0.717, 1.165) is 12.2 Å². The van der Waals surface area contributed by atoms with E-state index in [1.165, 1.54) is 0 Å². The second-order valence-corrected chi connectivity index (χ2v) is 5.78. The summed E-state index contributed by atoms with van der Waals surface area (Å²) in [5.74, 6) is 0.704. The zero-order valence-electron chi connectivity index (χ0n) is 16.8. The van der Waals surface area contributed by atoms with Crippen molar-refractivity contribution in [2.45, 2.75) is 13.5 Å². The Hall–Kier alpha value is -3.40. The van der Waals surface area contributed by atoms with Crippen molar-refractivity contribution in [2.24, 2.45) is 0 Å². The average molecular weight is 408 g/mol. The van der Waals surface area contributed by atoms with Crippen molar-refractivity contribution in [3.05, 3.63) is 48.0 Å². The van der Waals surface area contributed by atoms with E-state index in [0.29, 0.717) is 31.0 Å². The molecule has 0 bridgehead atoms. The summed E-state index contributed by atoms with van der Waals surface area (Å²) in [5, 5.41) is 13.8. The Balaban J connectivity index is 0.00000116. The molecule has 160 valence electrons. The number of imidazole rings is 1. The number of carbonyl (C=O) groups excluding carboxylic acids is 1. The van der Waals surface area contributed by atoms with Gasteiger partial charge in [0.05, 0.1) is 25.2 Å². The lowest BCUT2D eigenvalue weighted by molar-refractivity contribution is -0.123. The predicted octanol–water partition coefficient (Wildman–Crippen LogP) is 1.41. The molecule has 10 heteroatoms. The summed E-state index contributed by atoms with van der Waals surface area (Å²) in [6.45, 7) is 3.95. The molecule has 1 amide bonds.